The second-order valence-electron chi connectivity index (χ2n) is 31.3. The van der Waals surface area contributed by atoms with E-state index in [0.717, 1.165) is 117 Å². The van der Waals surface area contributed by atoms with Gasteiger partial charge in [-0.25, -0.2) is 0 Å². The van der Waals surface area contributed by atoms with Crippen LogP contribution >= 0.6 is 63.7 Å². The van der Waals surface area contributed by atoms with E-state index in [9.17, 15) is 0 Å². The molecule has 0 saturated carbocycles. The predicted molar refractivity (Wildman–Crippen MR) is 530 cm³/mol. The van der Waals surface area contributed by atoms with Crippen molar-refractivity contribution in [2.24, 2.45) is 0 Å². The van der Waals surface area contributed by atoms with Gasteiger partial charge in [0.1, 0.15) is 44.7 Å². The zero-order valence-electron chi connectivity index (χ0n) is 65.2. The van der Waals surface area contributed by atoms with Crippen LogP contribution in [-0.2, 0) is 0 Å². The molecule has 0 amide bonds. The van der Waals surface area contributed by atoms with Crippen LogP contribution in [0.15, 0.2) is 436 Å². The van der Waals surface area contributed by atoms with Gasteiger partial charge in [0.2, 0.25) is 0 Å². The smallest absolute Gasteiger partial charge is 0.143 e. The van der Waals surface area contributed by atoms with Crippen molar-refractivity contribution in [1.29, 1.82) is 0 Å². The zero-order valence-corrected chi connectivity index (χ0v) is 71.6. The third-order valence-corrected chi connectivity index (χ3v) is 26.3. The Bertz CT molecular complexity index is 8750. The van der Waals surface area contributed by atoms with E-state index in [1.165, 1.54) is 141 Å². The molecule has 0 radical (unpaired) electrons. The number of furan rings is 4. The largest absolute Gasteiger partial charge is 0.455 e. The first-order valence-electron chi connectivity index (χ1n) is 40.7. The molecular weight excluding hydrogens is 1750 g/mol. The third-order valence-electron chi connectivity index (χ3n) is 24.2. The first kappa shape index (κ1) is 73.4. The molecule has 0 spiro atoms. The Morgan fingerprint density at radius 3 is 1.11 bits per heavy atom. The molecule has 0 saturated heterocycles. The van der Waals surface area contributed by atoms with E-state index < -0.39 is 0 Å². The van der Waals surface area contributed by atoms with E-state index in [0.29, 0.717) is 0 Å². The molecule has 4 nitrogen and oxygen atoms in total. The molecule has 26 aromatic rings. The van der Waals surface area contributed by atoms with E-state index in [4.69, 9.17) is 17.7 Å². The highest BCUT2D eigenvalue weighted by atomic mass is 79.9. The van der Waals surface area contributed by atoms with E-state index in [1.807, 2.05) is 0 Å². The molecular formula is C114H66Br4O4. The molecule has 0 unspecified atom stereocenters. The van der Waals surface area contributed by atoms with Crippen molar-refractivity contribution in [3.63, 3.8) is 0 Å². The summed E-state index contributed by atoms with van der Waals surface area (Å²) in [6.07, 6.45) is 0. The van der Waals surface area contributed by atoms with Crippen molar-refractivity contribution in [1.82, 2.24) is 0 Å². The monoisotopic (exact) mass is 1810 g/mol. The minimum Gasteiger partial charge on any atom is -0.455 e. The molecule has 8 heteroatoms. The quantitative estimate of drug-likeness (QED) is 0.172. The lowest BCUT2D eigenvalue weighted by Crippen LogP contribution is -1.85. The van der Waals surface area contributed by atoms with Gasteiger partial charge in [0.25, 0.3) is 0 Å². The van der Waals surface area contributed by atoms with Crippen LogP contribution in [0.3, 0.4) is 0 Å². The summed E-state index contributed by atoms with van der Waals surface area (Å²) in [6.45, 7) is 0. The molecule has 4 aromatic heterocycles. The fourth-order valence-corrected chi connectivity index (χ4v) is 19.7. The minimum atomic E-state index is 0.925. The van der Waals surface area contributed by atoms with Gasteiger partial charge < -0.3 is 17.7 Å². The summed E-state index contributed by atoms with van der Waals surface area (Å²) in [6, 6.07) is 142. The van der Waals surface area contributed by atoms with E-state index in [1.54, 1.807) is 0 Å². The molecule has 0 aliphatic rings. The summed E-state index contributed by atoms with van der Waals surface area (Å²) >= 11 is 14.2. The molecule has 574 valence electrons. The Labute approximate surface area is 733 Å². The summed E-state index contributed by atoms with van der Waals surface area (Å²) in [7, 11) is 0. The highest BCUT2D eigenvalue weighted by molar-refractivity contribution is 9.11. The summed E-state index contributed by atoms with van der Waals surface area (Å²) in [5, 5.41) is 31.2. The first-order valence-corrected chi connectivity index (χ1v) is 43.9. The van der Waals surface area contributed by atoms with Gasteiger partial charge in [0.15, 0.2) is 0 Å². The first-order chi connectivity index (χ1) is 60.1. The Balaban J connectivity index is 0.0000000947. The molecule has 0 N–H and O–H groups in total. The molecule has 26 rings (SSSR count). The molecule has 0 bridgehead atoms. The summed E-state index contributed by atoms with van der Waals surface area (Å²) in [4.78, 5) is 0. The highest BCUT2D eigenvalue weighted by Gasteiger charge is 2.24. The van der Waals surface area contributed by atoms with Gasteiger partial charge in [-0.1, -0.05) is 355 Å². The molecule has 0 atom stereocenters. The lowest BCUT2D eigenvalue weighted by Gasteiger charge is -2.11. The van der Waals surface area contributed by atoms with Crippen molar-refractivity contribution in [2.45, 2.75) is 0 Å². The van der Waals surface area contributed by atoms with Crippen molar-refractivity contribution >= 4 is 248 Å². The lowest BCUT2D eigenvalue weighted by molar-refractivity contribution is 0.670. The number of rotatable bonds is 5. The second-order valence-corrected chi connectivity index (χ2v) is 34.9. The van der Waals surface area contributed by atoms with Gasteiger partial charge in [-0.15, -0.1) is 0 Å². The fourth-order valence-electron chi connectivity index (χ4n) is 18.5. The van der Waals surface area contributed by atoms with Crippen LogP contribution in [0.25, 0.3) is 240 Å². The van der Waals surface area contributed by atoms with Gasteiger partial charge in [0, 0.05) is 88.3 Å². The zero-order chi connectivity index (χ0) is 81.2. The predicted octanol–water partition coefficient (Wildman–Crippen LogP) is 36.1. The van der Waals surface area contributed by atoms with Crippen LogP contribution in [0, 0.1) is 0 Å². The maximum Gasteiger partial charge on any atom is 0.143 e. The Hall–Kier alpha value is -13.7. The number of hydrogen-bond acceptors (Lipinski definition) is 4. The number of halogens is 4. The van der Waals surface area contributed by atoms with Gasteiger partial charge in [-0.2, -0.15) is 0 Å². The average molecular weight is 1820 g/mol. The van der Waals surface area contributed by atoms with E-state index >= 15 is 0 Å². The van der Waals surface area contributed by atoms with Crippen molar-refractivity contribution in [3.05, 3.63) is 418 Å². The average Bonchev–Trinajstić information content (AvgIpc) is 1.59. The SMILES string of the molecule is Brc1ccc(-c2cc3c(oc4ccc5ccccc5c43)c3ccccc23)cc1.Brc1ccc(-c2cc3ccccc3c3c2oc2ccc4ccccc4c23)cc1.Brc1ccc(-c2cccc(-c3c4ccccc4cc4c3oc3ccc5ccccc5c34)c2)cc1.Brc1ccc2cc(-c3cc4c5ccc6ccccc6c5oc4c4ccccc34)ccc2c1. The Morgan fingerprint density at radius 1 is 0.148 bits per heavy atom. The van der Waals surface area contributed by atoms with E-state index in [2.05, 4.69) is 464 Å². The molecule has 0 aliphatic carbocycles. The summed E-state index contributed by atoms with van der Waals surface area (Å²) < 4.78 is 30.3. The van der Waals surface area contributed by atoms with Crippen LogP contribution in [0.4, 0.5) is 0 Å². The summed E-state index contributed by atoms with van der Waals surface area (Å²) in [5.41, 5.74) is 19.4. The molecule has 122 heavy (non-hydrogen) atoms. The van der Waals surface area contributed by atoms with Crippen LogP contribution < -0.4 is 0 Å². The maximum atomic E-state index is 6.61. The third kappa shape index (κ3) is 12.7. The Kier molecular flexibility index (Phi) is 18.2. The normalized spacial score (nSPS) is 11.8. The van der Waals surface area contributed by atoms with Gasteiger partial charge >= 0.3 is 0 Å². The van der Waals surface area contributed by atoms with Crippen LogP contribution in [0.1, 0.15) is 0 Å². The molecule has 22 aromatic carbocycles. The van der Waals surface area contributed by atoms with Gasteiger partial charge in [-0.3, -0.25) is 0 Å². The van der Waals surface area contributed by atoms with Crippen LogP contribution in [0.5, 0.6) is 0 Å². The van der Waals surface area contributed by atoms with Crippen molar-refractivity contribution in [3.8, 4) is 55.6 Å². The topological polar surface area (TPSA) is 52.6 Å². The fraction of sp³-hybridized carbons (Fsp3) is 0. The summed E-state index contributed by atoms with van der Waals surface area (Å²) in [5.74, 6) is 0. The van der Waals surface area contributed by atoms with Gasteiger partial charge in [-0.05, 0) is 234 Å². The molecule has 4 heterocycles. The maximum absolute atomic E-state index is 6.61. The molecule has 0 aliphatic heterocycles. The van der Waals surface area contributed by atoms with Gasteiger partial charge in [0.05, 0.1) is 0 Å². The minimum absolute atomic E-state index is 0.925. The Morgan fingerprint density at radius 2 is 0.516 bits per heavy atom. The second kappa shape index (κ2) is 30.2. The van der Waals surface area contributed by atoms with Crippen molar-refractivity contribution in [2.75, 3.05) is 0 Å². The van der Waals surface area contributed by atoms with Crippen LogP contribution in [-0.4, -0.2) is 0 Å². The number of benzene rings is 22. The highest BCUT2D eigenvalue weighted by Crippen LogP contribution is 2.49. The lowest BCUT2D eigenvalue weighted by atomic mass is 9.92. The van der Waals surface area contributed by atoms with Crippen LogP contribution in [0.2, 0.25) is 0 Å². The van der Waals surface area contributed by atoms with Crippen molar-refractivity contribution < 1.29 is 17.7 Å². The molecule has 0 fully saturated rings. The number of fused-ring (bicyclic) bond motifs is 28. The standard InChI is InChI=1S/C32H19BrO.C30H17BrO.2C26H15BrO/c33-25-15-12-20(13-16-25)22-8-5-9-24(18-22)30-27-11-4-2-7-23(27)19-28-31-26-10-3-1-6-21(26)14-17-29(31)34-32(28)30;31-22-13-11-19-15-21(10-9-20(19)16-22)27-17-28-26-14-12-18-5-1-2-6-23(18)29(26)32-30(28)25-8-4-3-7-24(25)27;27-19-12-9-17(10-13-19)22-15-18-6-2-4-8-21(18)25-24-20-7-3-1-5-16(20)11-14-23(24)28-26(22)25;27-18-12-9-17(10-13-18)22-15-23-25-19-6-2-1-5-16(19)11-14-24(25)28-26(23)21-8-4-3-7-20(21)22/h1-19H;1-17H;2*1-15H. The number of hydrogen-bond donors (Lipinski definition) is 0. The van der Waals surface area contributed by atoms with E-state index in [-0.39, 0.29) is 0 Å².